The second-order valence-corrected chi connectivity index (χ2v) is 0.748. The average Bonchev–Trinajstić information content (AvgIpc) is 1.35. The quantitative estimate of drug-likeness (QED) is 0.217. The molecule has 1 N–H and O–H groups in total. The van der Waals surface area contributed by atoms with E-state index in [2.05, 4.69) is 25.0 Å². The van der Waals surface area contributed by atoms with E-state index in [1.165, 1.54) is 0 Å². The van der Waals surface area contributed by atoms with Gasteiger partial charge < -0.3 is 5.11 Å². The average molecular weight is 81.1 g/mol. The fraction of sp³-hybridized carbons (Fsp3) is 0. The summed E-state index contributed by atoms with van der Waals surface area (Å²) in [5.74, 6) is -0.134. The van der Waals surface area contributed by atoms with E-state index in [1.807, 2.05) is 0 Å². The summed E-state index contributed by atoms with van der Waals surface area (Å²) in [5.41, 5.74) is 2.22. The lowest BCUT2D eigenvalue weighted by molar-refractivity contribution is 0.431. The minimum absolute atomic E-state index is 0.134. The molecule has 0 saturated heterocycles. The first-order chi connectivity index (χ1) is 2.77. The van der Waals surface area contributed by atoms with Crippen LogP contribution in [0.1, 0.15) is 0 Å². The van der Waals surface area contributed by atoms with Crippen LogP contribution < -0.4 is 0 Å². The summed E-state index contributed by atoms with van der Waals surface area (Å²) in [6.45, 7) is 6.23. The molecule has 0 aliphatic carbocycles. The number of hydrogen-bond donors (Lipinski definition) is 1. The van der Waals surface area contributed by atoms with Crippen molar-refractivity contribution in [3.8, 4) is 0 Å². The maximum atomic E-state index is 8.14. The Hall–Kier alpha value is -1.03. The molecule has 0 spiro atoms. The molecule has 0 saturated carbocycles. The number of aliphatic hydroxyl groups is 1. The third kappa shape index (κ3) is 2.97. The summed E-state index contributed by atoms with van der Waals surface area (Å²) in [6.07, 6.45) is 2.21. The summed E-state index contributed by atoms with van der Waals surface area (Å²) < 4.78 is 0. The van der Waals surface area contributed by atoms with E-state index < -0.39 is 0 Å². The number of aliphatic hydroxyl groups excluding tert-OH is 1. The molecule has 0 aliphatic rings. The molecule has 0 bridgehead atoms. The van der Waals surface area contributed by atoms with Gasteiger partial charge in [-0.05, 0) is 0 Å². The minimum Gasteiger partial charge on any atom is -0.481 e. The van der Waals surface area contributed by atoms with E-state index in [9.17, 15) is 0 Å². The van der Waals surface area contributed by atoms with Crippen molar-refractivity contribution in [1.29, 1.82) is 0 Å². The van der Waals surface area contributed by atoms with Gasteiger partial charge in [0, 0.05) is 13.2 Å². The standard InChI is InChI=1S/C5H4O/c1-3-4-5(2)6/h1-2H2/p+1. The molecule has 0 rings (SSSR count). The van der Waals surface area contributed by atoms with Gasteiger partial charge in [0.15, 0.2) is 0 Å². The number of hydrogen-bond acceptors (Lipinski definition) is 1. The second-order valence-electron chi connectivity index (χ2n) is 0.748. The van der Waals surface area contributed by atoms with Crippen molar-refractivity contribution in [3.05, 3.63) is 30.7 Å². The van der Waals surface area contributed by atoms with E-state index in [0.29, 0.717) is 0 Å². The summed E-state index contributed by atoms with van der Waals surface area (Å²) in [6, 6.07) is 0. The van der Waals surface area contributed by atoms with Crippen LogP contribution in [0.15, 0.2) is 24.6 Å². The van der Waals surface area contributed by atoms with Gasteiger partial charge in [-0.25, -0.2) is 0 Å². The maximum absolute atomic E-state index is 8.14. The normalized spacial score (nSPS) is 5.33. The van der Waals surface area contributed by atoms with E-state index in [1.54, 1.807) is 0 Å². The van der Waals surface area contributed by atoms with Crippen LogP contribution in [0, 0.1) is 6.08 Å². The minimum atomic E-state index is -0.134. The van der Waals surface area contributed by atoms with E-state index in [-0.39, 0.29) is 5.76 Å². The Morgan fingerprint density at radius 1 is 1.83 bits per heavy atom. The van der Waals surface area contributed by atoms with Crippen molar-refractivity contribution in [1.82, 2.24) is 0 Å². The van der Waals surface area contributed by atoms with Crippen LogP contribution in [-0.4, -0.2) is 5.11 Å². The SMILES string of the molecule is C=C=[C+]C(=C)O. The molecule has 0 radical (unpaired) electrons. The van der Waals surface area contributed by atoms with E-state index in [0.717, 1.165) is 0 Å². The maximum Gasteiger partial charge on any atom is 0.287 e. The van der Waals surface area contributed by atoms with Gasteiger partial charge in [-0.1, -0.05) is 0 Å². The first-order valence-electron chi connectivity index (χ1n) is 1.43. The Bertz CT molecular complexity index is 96.5. The zero-order valence-electron chi connectivity index (χ0n) is 3.36. The highest BCUT2D eigenvalue weighted by Gasteiger charge is 1.79. The Balaban J connectivity index is 3.60. The molecule has 0 atom stereocenters. The highest BCUT2D eigenvalue weighted by molar-refractivity contribution is 4.93. The lowest BCUT2D eigenvalue weighted by atomic mass is 10.5. The van der Waals surface area contributed by atoms with Gasteiger partial charge in [-0.15, -0.1) is 0 Å². The van der Waals surface area contributed by atoms with Crippen LogP contribution in [0.3, 0.4) is 0 Å². The van der Waals surface area contributed by atoms with Gasteiger partial charge >= 0.3 is 0 Å². The first kappa shape index (κ1) is 4.97. The fourth-order valence-electron chi connectivity index (χ4n) is 0.102. The Morgan fingerprint density at radius 2 is 2.33 bits per heavy atom. The van der Waals surface area contributed by atoms with Crippen molar-refractivity contribution < 1.29 is 5.11 Å². The Morgan fingerprint density at radius 3 is 2.33 bits per heavy atom. The molecule has 0 aromatic carbocycles. The third-order valence-electron chi connectivity index (χ3n) is 0.233. The predicted octanol–water partition coefficient (Wildman–Crippen LogP) is 1.20. The van der Waals surface area contributed by atoms with Crippen LogP contribution in [-0.2, 0) is 0 Å². The molecule has 0 heterocycles. The molecular weight excluding hydrogens is 76.1 g/mol. The molecule has 0 amide bonds. The summed E-state index contributed by atoms with van der Waals surface area (Å²) >= 11 is 0. The smallest absolute Gasteiger partial charge is 0.287 e. The van der Waals surface area contributed by atoms with Crippen molar-refractivity contribution in [2.24, 2.45) is 0 Å². The van der Waals surface area contributed by atoms with Crippen LogP contribution in [0.25, 0.3) is 0 Å². The molecule has 0 unspecified atom stereocenters. The summed E-state index contributed by atoms with van der Waals surface area (Å²) in [5, 5.41) is 8.14. The molecule has 0 fully saturated rings. The van der Waals surface area contributed by atoms with Crippen LogP contribution in [0.2, 0.25) is 0 Å². The first-order valence-corrected chi connectivity index (χ1v) is 1.43. The van der Waals surface area contributed by atoms with Gasteiger partial charge in [0.1, 0.15) is 6.08 Å². The van der Waals surface area contributed by atoms with Crippen molar-refractivity contribution in [2.75, 3.05) is 0 Å². The van der Waals surface area contributed by atoms with E-state index >= 15 is 0 Å². The fourth-order valence-corrected chi connectivity index (χ4v) is 0.102. The van der Waals surface area contributed by atoms with Crippen LogP contribution >= 0.6 is 0 Å². The molecule has 6 heavy (non-hydrogen) atoms. The summed E-state index contributed by atoms with van der Waals surface area (Å²) in [4.78, 5) is 0. The van der Waals surface area contributed by atoms with Gasteiger partial charge in [0.05, 0.1) is 5.73 Å². The molecule has 30 valence electrons. The predicted molar refractivity (Wildman–Crippen MR) is 24.2 cm³/mol. The van der Waals surface area contributed by atoms with Gasteiger partial charge in [0.25, 0.3) is 5.76 Å². The molecule has 0 aliphatic heterocycles. The molecule has 1 heteroatoms. The van der Waals surface area contributed by atoms with Gasteiger partial charge in [-0.3, -0.25) is 0 Å². The monoisotopic (exact) mass is 81.0 g/mol. The van der Waals surface area contributed by atoms with E-state index in [4.69, 9.17) is 5.11 Å². The van der Waals surface area contributed by atoms with Gasteiger partial charge in [0.2, 0.25) is 0 Å². The number of rotatable bonds is 1. The molecule has 0 aromatic heterocycles. The zero-order chi connectivity index (χ0) is 4.99. The number of allylic oxidation sites excluding steroid dienone is 1. The third-order valence-corrected chi connectivity index (χ3v) is 0.233. The van der Waals surface area contributed by atoms with Gasteiger partial charge in [-0.2, -0.15) is 0 Å². The van der Waals surface area contributed by atoms with Crippen molar-refractivity contribution >= 4 is 0 Å². The topological polar surface area (TPSA) is 20.2 Å². The van der Waals surface area contributed by atoms with Crippen molar-refractivity contribution in [3.63, 3.8) is 0 Å². The highest BCUT2D eigenvalue weighted by Crippen LogP contribution is 1.75. The molecular formula is C5H5O+. The van der Waals surface area contributed by atoms with Crippen LogP contribution in [0.4, 0.5) is 0 Å². The lowest BCUT2D eigenvalue weighted by Gasteiger charge is -1.61. The Kier molecular flexibility index (Phi) is 1.84. The molecule has 0 aromatic rings. The zero-order valence-corrected chi connectivity index (χ0v) is 3.36. The summed E-state index contributed by atoms with van der Waals surface area (Å²) in [7, 11) is 0. The second kappa shape index (κ2) is 2.22. The highest BCUT2D eigenvalue weighted by atomic mass is 16.3. The Labute approximate surface area is 36.9 Å². The molecule has 1 nitrogen and oxygen atoms in total. The largest absolute Gasteiger partial charge is 0.481 e. The van der Waals surface area contributed by atoms with Crippen LogP contribution in [0.5, 0.6) is 0 Å². The van der Waals surface area contributed by atoms with Crippen molar-refractivity contribution in [2.45, 2.75) is 0 Å². The lowest BCUT2D eigenvalue weighted by Crippen LogP contribution is -1.61.